The van der Waals surface area contributed by atoms with E-state index in [9.17, 15) is 4.79 Å². The molecule has 3 aromatic rings. The molecule has 0 radical (unpaired) electrons. The number of rotatable bonds is 2. The predicted molar refractivity (Wildman–Crippen MR) is 66.2 cm³/mol. The molecular weight excluding hydrogens is 232 g/mol. The molecule has 1 unspecified atom stereocenters. The molecule has 0 aliphatic heterocycles. The van der Waals surface area contributed by atoms with Gasteiger partial charge in [0.2, 0.25) is 0 Å². The highest BCUT2D eigenvalue weighted by molar-refractivity contribution is 5.74. The molecule has 2 heterocycles. The lowest BCUT2D eigenvalue weighted by Crippen LogP contribution is -2.10. The van der Waals surface area contributed by atoms with Crippen LogP contribution >= 0.6 is 0 Å². The fourth-order valence-corrected chi connectivity index (χ4v) is 1.99. The first-order valence-corrected chi connectivity index (χ1v) is 5.54. The summed E-state index contributed by atoms with van der Waals surface area (Å²) in [6.45, 7) is 0. The van der Waals surface area contributed by atoms with Gasteiger partial charge in [0, 0.05) is 12.6 Å². The minimum absolute atomic E-state index is 0.293. The van der Waals surface area contributed by atoms with E-state index in [2.05, 4.69) is 0 Å². The summed E-state index contributed by atoms with van der Waals surface area (Å²) in [4.78, 5) is 11.4. The van der Waals surface area contributed by atoms with Crippen LogP contribution in [-0.2, 0) is 7.05 Å². The number of nitrogens with two attached hydrogens (primary N) is 1. The van der Waals surface area contributed by atoms with Crippen LogP contribution in [0.1, 0.15) is 17.2 Å². The largest absolute Gasteiger partial charge is 0.472 e. The van der Waals surface area contributed by atoms with E-state index in [-0.39, 0.29) is 11.8 Å². The Kier molecular flexibility index (Phi) is 2.34. The van der Waals surface area contributed by atoms with Gasteiger partial charge in [0.25, 0.3) is 0 Å². The molecule has 0 amide bonds. The van der Waals surface area contributed by atoms with Gasteiger partial charge in [0.1, 0.15) is 0 Å². The molecule has 0 bridgehead atoms. The predicted octanol–water partition coefficient (Wildman–Crippen LogP) is 1.77. The molecule has 0 fully saturated rings. The maximum Gasteiger partial charge on any atom is 0.419 e. The molecule has 2 aromatic heterocycles. The number of hydrogen-bond acceptors (Lipinski definition) is 4. The van der Waals surface area contributed by atoms with Gasteiger partial charge in [0.15, 0.2) is 5.58 Å². The molecule has 0 aliphatic carbocycles. The quantitative estimate of drug-likeness (QED) is 0.745. The Balaban J connectivity index is 2.11. The maximum absolute atomic E-state index is 11.4. The van der Waals surface area contributed by atoms with Gasteiger partial charge < -0.3 is 14.6 Å². The number of nitrogens with zero attached hydrogens (tertiary/aromatic N) is 1. The molecule has 3 rings (SSSR count). The summed E-state index contributed by atoms with van der Waals surface area (Å²) in [6.07, 6.45) is 3.19. The normalized spacial score (nSPS) is 13.0. The first-order chi connectivity index (χ1) is 8.66. The highest BCUT2D eigenvalue weighted by Crippen LogP contribution is 2.23. The van der Waals surface area contributed by atoms with Crippen molar-refractivity contribution < 1.29 is 8.83 Å². The number of furan rings is 1. The number of aryl methyl sites for hydroxylation is 1. The van der Waals surface area contributed by atoms with E-state index in [0.29, 0.717) is 5.58 Å². The van der Waals surface area contributed by atoms with Crippen LogP contribution in [0.4, 0.5) is 0 Å². The highest BCUT2D eigenvalue weighted by atomic mass is 16.4. The van der Waals surface area contributed by atoms with E-state index in [4.69, 9.17) is 14.6 Å². The van der Waals surface area contributed by atoms with Crippen LogP contribution in [0, 0.1) is 0 Å². The molecule has 18 heavy (non-hydrogen) atoms. The summed E-state index contributed by atoms with van der Waals surface area (Å²) in [6, 6.07) is 7.02. The van der Waals surface area contributed by atoms with Crippen LogP contribution in [-0.4, -0.2) is 4.57 Å². The van der Waals surface area contributed by atoms with Crippen LogP contribution in [0.5, 0.6) is 0 Å². The van der Waals surface area contributed by atoms with Crippen molar-refractivity contribution in [3.63, 3.8) is 0 Å². The second-order valence-corrected chi connectivity index (χ2v) is 4.19. The standard InChI is InChI=1S/C13H12N2O3/c1-15-10-3-2-8(6-11(10)18-13(15)16)12(14)9-4-5-17-7-9/h2-7,12H,14H2,1H3. The van der Waals surface area contributed by atoms with E-state index in [1.165, 1.54) is 4.57 Å². The third-order valence-corrected chi connectivity index (χ3v) is 3.08. The van der Waals surface area contributed by atoms with Crippen molar-refractivity contribution >= 4 is 11.1 Å². The molecule has 2 N–H and O–H groups in total. The zero-order chi connectivity index (χ0) is 12.7. The Morgan fingerprint density at radius 3 is 2.83 bits per heavy atom. The second kappa shape index (κ2) is 3.89. The minimum atomic E-state index is -0.376. The third-order valence-electron chi connectivity index (χ3n) is 3.08. The number of aromatic nitrogens is 1. The Hall–Kier alpha value is -2.27. The maximum atomic E-state index is 11.4. The Morgan fingerprint density at radius 1 is 1.28 bits per heavy atom. The van der Waals surface area contributed by atoms with E-state index in [0.717, 1.165) is 16.6 Å². The monoisotopic (exact) mass is 244 g/mol. The molecule has 0 spiro atoms. The van der Waals surface area contributed by atoms with Gasteiger partial charge >= 0.3 is 5.76 Å². The van der Waals surface area contributed by atoms with Crippen LogP contribution in [0.25, 0.3) is 11.1 Å². The fraction of sp³-hybridized carbons (Fsp3) is 0.154. The van der Waals surface area contributed by atoms with E-state index < -0.39 is 0 Å². The topological polar surface area (TPSA) is 74.3 Å². The lowest BCUT2D eigenvalue weighted by Gasteiger charge is -2.09. The second-order valence-electron chi connectivity index (χ2n) is 4.19. The molecular formula is C13H12N2O3. The number of hydrogen-bond donors (Lipinski definition) is 1. The summed E-state index contributed by atoms with van der Waals surface area (Å²) in [7, 11) is 1.67. The third kappa shape index (κ3) is 1.56. The first-order valence-electron chi connectivity index (χ1n) is 5.54. The molecule has 5 nitrogen and oxygen atoms in total. The molecule has 0 saturated heterocycles. The van der Waals surface area contributed by atoms with Crippen LogP contribution in [0.15, 0.2) is 50.4 Å². The van der Waals surface area contributed by atoms with Gasteiger partial charge in [-0.05, 0) is 23.8 Å². The Labute approximate surface area is 102 Å². The molecule has 1 atom stereocenters. The van der Waals surface area contributed by atoms with Crippen LogP contribution in [0.3, 0.4) is 0 Å². The average molecular weight is 244 g/mol. The lowest BCUT2D eigenvalue weighted by molar-refractivity contribution is 0.527. The van der Waals surface area contributed by atoms with Crippen molar-refractivity contribution in [2.75, 3.05) is 0 Å². The fourth-order valence-electron chi connectivity index (χ4n) is 1.99. The van der Waals surface area contributed by atoms with Gasteiger partial charge in [-0.1, -0.05) is 6.07 Å². The summed E-state index contributed by atoms with van der Waals surface area (Å²) < 4.78 is 11.6. The van der Waals surface area contributed by atoms with Crippen molar-refractivity contribution in [1.82, 2.24) is 4.57 Å². The van der Waals surface area contributed by atoms with Crippen molar-refractivity contribution in [3.05, 3.63) is 58.5 Å². The van der Waals surface area contributed by atoms with E-state index in [1.807, 2.05) is 18.2 Å². The highest BCUT2D eigenvalue weighted by Gasteiger charge is 2.13. The summed E-state index contributed by atoms with van der Waals surface area (Å²) >= 11 is 0. The van der Waals surface area contributed by atoms with E-state index >= 15 is 0 Å². The van der Waals surface area contributed by atoms with Crippen molar-refractivity contribution in [2.24, 2.45) is 12.8 Å². The number of oxazole rings is 1. The SMILES string of the molecule is Cn1c(=O)oc2cc(C(N)c3ccoc3)ccc21. The average Bonchev–Trinajstić information content (AvgIpc) is 2.98. The van der Waals surface area contributed by atoms with Gasteiger partial charge in [-0.3, -0.25) is 4.57 Å². The molecule has 92 valence electrons. The Bertz CT molecular complexity index is 737. The van der Waals surface area contributed by atoms with Crippen molar-refractivity contribution in [2.45, 2.75) is 6.04 Å². The van der Waals surface area contributed by atoms with Crippen LogP contribution in [0.2, 0.25) is 0 Å². The molecule has 0 aliphatic rings. The van der Waals surface area contributed by atoms with Crippen molar-refractivity contribution in [3.8, 4) is 0 Å². The van der Waals surface area contributed by atoms with Crippen LogP contribution < -0.4 is 11.5 Å². The minimum Gasteiger partial charge on any atom is -0.472 e. The molecule has 5 heteroatoms. The van der Waals surface area contributed by atoms with E-state index in [1.54, 1.807) is 25.6 Å². The molecule has 0 saturated carbocycles. The lowest BCUT2D eigenvalue weighted by atomic mass is 10.0. The van der Waals surface area contributed by atoms with Gasteiger partial charge in [-0.2, -0.15) is 0 Å². The zero-order valence-corrected chi connectivity index (χ0v) is 9.79. The Morgan fingerprint density at radius 2 is 2.11 bits per heavy atom. The smallest absolute Gasteiger partial charge is 0.419 e. The number of benzene rings is 1. The zero-order valence-electron chi connectivity index (χ0n) is 9.79. The summed E-state index contributed by atoms with van der Waals surface area (Å²) in [5, 5.41) is 0. The number of fused-ring (bicyclic) bond motifs is 1. The van der Waals surface area contributed by atoms with Gasteiger partial charge in [-0.25, -0.2) is 4.79 Å². The summed E-state index contributed by atoms with van der Waals surface area (Å²) in [5.74, 6) is -0.376. The van der Waals surface area contributed by atoms with Gasteiger partial charge in [0.05, 0.1) is 24.1 Å². The molecule has 1 aromatic carbocycles. The van der Waals surface area contributed by atoms with Crippen molar-refractivity contribution in [1.29, 1.82) is 0 Å². The summed E-state index contributed by atoms with van der Waals surface area (Å²) in [5.41, 5.74) is 9.16. The van der Waals surface area contributed by atoms with Gasteiger partial charge in [-0.15, -0.1) is 0 Å². The first kappa shape index (κ1) is 10.9.